The second-order valence-electron chi connectivity index (χ2n) is 8.96. The van der Waals surface area contributed by atoms with E-state index in [0.29, 0.717) is 5.92 Å². The Kier molecular flexibility index (Phi) is 8.00. The van der Waals surface area contributed by atoms with E-state index in [1.165, 1.54) is 17.7 Å². The summed E-state index contributed by atoms with van der Waals surface area (Å²) >= 11 is 5.89. The Balaban J connectivity index is 1.17. The van der Waals surface area contributed by atoms with Crippen LogP contribution in [0.5, 0.6) is 0 Å². The number of aliphatic carboxylic acids is 1. The number of fused-ring (bicyclic) bond motifs is 1. The molecule has 0 unspecified atom stereocenters. The number of carbonyl (C=O) groups excluding carboxylic acids is 1. The molecular weight excluding hydrogens is 461 g/mol. The lowest BCUT2D eigenvalue weighted by molar-refractivity contribution is -0.140. The number of rotatable bonds is 10. The van der Waals surface area contributed by atoms with Crippen LogP contribution in [0.2, 0.25) is 5.02 Å². The number of amides is 1. The first-order chi connectivity index (χ1) is 16.4. The van der Waals surface area contributed by atoms with E-state index in [2.05, 4.69) is 22.8 Å². The van der Waals surface area contributed by atoms with Gasteiger partial charge in [-0.05, 0) is 68.2 Å². The molecule has 2 heterocycles. The normalized spacial score (nSPS) is 19.9. The number of carboxylic acids is 1. The molecule has 3 N–H and O–H groups in total. The average molecular weight is 490 g/mol. The van der Waals surface area contributed by atoms with Crippen LogP contribution in [0.4, 0.5) is 10.2 Å². The van der Waals surface area contributed by atoms with Crippen molar-refractivity contribution in [3.8, 4) is 0 Å². The molecule has 2 aromatic rings. The number of carbonyl (C=O) groups is 2. The third-order valence-electron chi connectivity index (χ3n) is 6.51. The first-order valence-corrected chi connectivity index (χ1v) is 12.1. The van der Waals surface area contributed by atoms with Gasteiger partial charge in [-0.3, -0.25) is 4.79 Å². The molecule has 1 amide bonds. The summed E-state index contributed by atoms with van der Waals surface area (Å²) in [7, 11) is 0. The molecule has 0 saturated heterocycles. The standard InChI is InChI=1S/C25H29ClFN3O4/c26-19-4-1-5-20(27)22(19)24(31)30-21(25(32)33)10-12-34-18-13-15(14-18)6-8-17-9-7-16-3-2-11-28-23(16)29-17/h1,4-5,7,9,15,18,21H,2-3,6,8,10-14H2,(H,28,29)(H,30,31)(H,32,33)/t15-,18+,21-/m0/s1. The quantitative estimate of drug-likeness (QED) is 0.461. The molecule has 0 bridgehead atoms. The van der Waals surface area contributed by atoms with Gasteiger partial charge in [0.05, 0.1) is 16.7 Å². The summed E-state index contributed by atoms with van der Waals surface area (Å²) < 4.78 is 19.7. The van der Waals surface area contributed by atoms with Crippen molar-refractivity contribution in [3.05, 3.63) is 58.0 Å². The first kappa shape index (κ1) is 24.4. The molecule has 1 aromatic carbocycles. The van der Waals surface area contributed by atoms with Crippen molar-refractivity contribution in [3.63, 3.8) is 0 Å². The van der Waals surface area contributed by atoms with Crippen molar-refractivity contribution in [1.29, 1.82) is 0 Å². The van der Waals surface area contributed by atoms with Gasteiger partial charge in [0.2, 0.25) is 0 Å². The topological polar surface area (TPSA) is 101 Å². The fraction of sp³-hybridized carbons (Fsp3) is 0.480. The van der Waals surface area contributed by atoms with E-state index in [0.717, 1.165) is 62.6 Å². The Morgan fingerprint density at radius 1 is 1.29 bits per heavy atom. The molecule has 34 heavy (non-hydrogen) atoms. The molecule has 9 heteroatoms. The Labute approximate surface area is 203 Å². The monoisotopic (exact) mass is 489 g/mol. The zero-order valence-electron chi connectivity index (χ0n) is 18.9. The predicted molar refractivity (Wildman–Crippen MR) is 127 cm³/mol. The van der Waals surface area contributed by atoms with Crippen molar-refractivity contribution in [1.82, 2.24) is 10.3 Å². The maximum atomic E-state index is 13.9. The molecule has 1 aliphatic heterocycles. The second kappa shape index (κ2) is 11.1. The Bertz CT molecular complexity index is 1020. The molecule has 1 saturated carbocycles. The largest absolute Gasteiger partial charge is 0.480 e. The van der Waals surface area contributed by atoms with Gasteiger partial charge in [-0.1, -0.05) is 23.7 Å². The molecule has 0 spiro atoms. The van der Waals surface area contributed by atoms with Crippen LogP contribution in [0.25, 0.3) is 0 Å². The van der Waals surface area contributed by atoms with E-state index in [1.54, 1.807) is 0 Å². The maximum Gasteiger partial charge on any atom is 0.326 e. The van der Waals surface area contributed by atoms with Crippen LogP contribution in [0, 0.1) is 11.7 Å². The van der Waals surface area contributed by atoms with Gasteiger partial charge in [0.1, 0.15) is 17.7 Å². The van der Waals surface area contributed by atoms with Gasteiger partial charge in [0, 0.05) is 25.3 Å². The molecule has 1 atom stereocenters. The summed E-state index contributed by atoms with van der Waals surface area (Å²) in [4.78, 5) is 28.6. The Hall–Kier alpha value is -2.71. The number of benzene rings is 1. The van der Waals surface area contributed by atoms with Crippen molar-refractivity contribution in [2.75, 3.05) is 18.5 Å². The Morgan fingerprint density at radius 2 is 2.12 bits per heavy atom. The third-order valence-corrected chi connectivity index (χ3v) is 6.82. The zero-order chi connectivity index (χ0) is 24.1. The second-order valence-corrected chi connectivity index (χ2v) is 9.37. The lowest BCUT2D eigenvalue weighted by atomic mass is 9.79. The van der Waals surface area contributed by atoms with Gasteiger partial charge in [-0.25, -0.2) is 14.2 Å². The van der Waals surface area contributed by atoms with E-state index in [9.17, 15) is 19.1 Å². The number of hydrogen-bond acceptors (Lipinski definition) is 5. The number of carboxylic acid groups (broad SMARTS) is 1. The molecule has 182 valence electrons. The van der Waals surface area contributed by atoms with Gasteiger partial charge in [-0.15, -0.1) is 0 Å². The number of aromatic nitrogens is 1. The van der Waals surface area contributed by atoms with Crippen molar-refractivity contribution >= 4 is 29.3 Å². The van der Waals surface area contributed by atoms with Gasteiger partial charge in [0.15, 0.2) is 0 Å². The number of nitrogens with zero attached hydrogens (tertiary/aromatic N) is 1. The maximum absolute atomic E-state index is 13.9. The fourth-order valence-electron chi connectivity index (χ4n) is 4.46. The summed E-state index contributed by atoms with van der Waals surface area (Å²) in [6, 6.07) is 6.96. The lowest BCUT2D eigenvalue weighted by Crippen LogP contribution is -2.42. The number of ether oxygens (including phenoxy) is 1. The third kappa shape index (κ3) is 6.04. The molecule has 1 aliphatic carbocycles. The number of aryl methyl sites for hydroxylation is 2. The molecule has 1 fully saturated rings. The van der Waals surface area contributed by atoms with E-state index >= 15 is 0 Å². The number of hydrogen-bond donors (Lipinski definition) is 3. The summed E-state index contributed by atoms with van der Waals surface area (Å²) in [6.45, 7) is 1.17. The van der Waals surface area contributed by atoms with Crippen LogP contribution in [-0.4, -0.2) is 47.3 Å². The fourth-order valence-corrected chi connectivity index (χ4v) is 4.71. The SMILES string of the molecule is O=C(N[C@@H](CCO[C@H]1C[C@@H](CCc2ccc3c(n2)NCCC3)C1)C(=O)O)c1c(F)cccc1Cl. The summed E-state index contributed by atoms with van der Waals surface area (Å²) in [5, 5.41) is 15.1. The first-order valence-electron chi connectivity index (χ1n) is 11.7. The van der Waals surface area contributed by atoms with Crippen LogP contribution in [-0.2, 0) is 22.4 Å². The van der Waals surface area contributed by atoms with E-state index in [1.807, 2.05) is 0 Å². The molecular formula is C25H29ClFN3O4. The van der Waals surface area contributed by atoms with Gasteiger partial charge in [0.25, 0.3) is 5.91 Å². The number of pyridine rings is 1. The zero-order valence-corrected chi connectivity index (χ0v) is 19.6. The van der Waals surface area contributed by atoms with E-state index in [4.69, 9.17) is 21.3 Å². The average Bonchev–Trinajstić information content (AvgIpc) is 2.78. The van der Waals surface area contributed by atoms with Gasteiger partial charge < -0.3 is 20.5 Å². The molecule has 2 aliphatic rings. The van der Waals surface area contributed by atoms with Crippen molar-refractivity contribution in [2.24, 2.45) is 5.92 Å². The molecule has 4 rings (SSSR count). The highest BCUT2D eigenvalue weighted by Crippen LogP contribution is 2.34. The summed E-state index contributed by atoms with van der Waals surface area (Å²) in [6.07, 6.45) is 6.24. The van der Waals surface area contributed by atoms with E-state index in [-0.39, 0.29) is 29.7 Å². The van der Waals surface area contributed by atoms with Crippen molar-refractivity contribution in [2.45, 2.75) is 57.1 Å². The number of nitrogens with one attached hydrogen (secondary N) is 2. The van der Waals surface area contributed by atoms with Gasteiger partial charge >= 0.3 is 5.97 Å². The van der Waals surface area contributed by atoms with Crippen LogP contribution < -0.4 is 10.6 Å². The highest BCUT2D eigenvalue weighted by molar-refractivity contribution is 6.33. The number of anilines is 1. The van der Waals surface area contributed by atoms with Gasteiger partial charge in [-0.2, -0.15) is 0 Å². The van der Waals surface area contributed by atoms with Crippen LogP contribution in [0.1, 0.15) is 53.7 Å². The molecule has 0 radical (unpaired) electrons. The highest BCUT2D eigenvalue weighted by atomic mass is 35.5. The summed E-state index contributed by atoms with van der Waals surface area (Å²) in [5.41, 5.74) is 2.04. The minimum atomic E-state index is -1.21. The lowest BCUT2D eigenvalue weighted by Gasteiger charge is -2.35. The van der Waals surface area contributed by atoms with Crippen LogP contribution in [0.15, 0.2) is 30.3 Å². The summed E-state index contributed by atoms with van der Waals surface area (Å²) in [5.74, 6) is -1.27. The minimum absolute atomic E-state index is 0.0692. The Morgan fingerprint density at radius 3 is 2.88 bits per heavy atom. The smallest absolute Gasteiger partial charge is 0.326 e. The number of halogens is 2. The molecule has 7 nitrogen and oxygen atoms in total. The van der Waals surface area contributed by atoms with Crippen LogP contribution in [0.3, 0.4) is 0 Å². The molecule has 1 aromatic heterocycles. The van der Waals surface area contributed by atoms with Crippen molar-refractivity contribution < 1.29 is 23.8 Å². The highest BCUT2D eigenvalue weighted by Gasteiger charge is 2.30. The minimum Gasteiger partial charge on any atom is -0.480 e. The predicted octanol–water partition coefficient (Wildman–Crippen LogP) is 4.23. The van der Waals surface area contributed by atoms with Crippen LogP contribution >= 0.6 is 11.6 Å². The van der Waals surface area contributed by atoms with E-state index < -0.39 is 23.7 Å².